The zero-order valence-corrected chi connectivity index (χ0v) is 7.47. The molecule has 0 bridgehead atoms. The fraction of sp³-hybridized carbons (Fsp3) is 0.400. The van der Waals surface area contributed by atoms with E-state index in [9.17, 15) is 8.78 Å². The first-order chi connectivity index (χ1) is 6.17. The van der Waals surface area contributed by atoms with E-state index in [4.69, 9.17) is 4.74 Å². The average molecular weight is 186 g/mol. The van der Waals surface area contributed by atoms with Crippen molar-refractivity contribution in [3.63, 3.8) is 0 Å². The van der Waals surface area contributed by atoms with E-state index in [0.29, 0.717) is 6.61 Å². The largest absolute Gasteiger partial charge is 0.375 e. The van der Waals surface area contributed by atoms with E-state index < -0.39 is 12.5 Å². The number of benzene rings is 1. The summed E-state index contributed by atoms with van der Waals surface area (Å²) in [4.78, 5) is 0. The first kappa shape index (κ1) is 10.1. The first-order valence-electron chi connectivity index (χ1n) is 4.18. The van der Waals surface area contributed by atoms with Gasteiger partial charge in [0, 0.05) is 12.2 Å². The molecule has 0 aliphatic rings. The molecule has 0 amide bonds. The highest BCUT2D eigenvalue weighted by Gasteiger charge is 2.31. The molecule has 1 nitrogen and oxygen atoms in total. The second-order valence-corrected chi connectivity index (χ2v) is 2.71. The van der Waals surface area contributed by atoms with E-state index in [-0.39, 0.29) is 5.56 Å². The molecular weight excluding hydrogens is 174 g/mol. The maximum absolute atomic E-state index is 13.2. The van der Waals surface area contributed by atoms with Crippen LogP contribution in [0.3, 0.4) is 0 Å². The van der Waals surface area contributed by atoms with Gasteiger partial charge in [-0.05, 0) is 6.92 Å². The van der Waals surface area contributed by atoms with Gasteiger partial charge < -0.3 is 4.74 Å². The topological polar surface area (TPSA) is 9.23 Å². The van der Waals surface area contributed by atoms with E-state index >= 15 is 0 Å². The van der Waals surface area contributed by atoms with Gasteiger partial charge in [0.25, 0.3) is 5.92 Å². The summed E-state index contributed by atoms with van der Waals surface area (Å²) in [5, 5.41) is 0. The number of alkyl halides is 2. The smallest absolute Gasteiger partial charge is 0.296 e. The minimum Gasteiger partial charge on any atom is -0.375 e. The number of halogens is 2. The molecule has 0 aromatic heterocycles. The van der Waals surface area contributed by atoms with Crippen molar-refractivity contribution in [1.82, 2.24) is 0 Å². The minimum atomic E-state index is -2.88. The van der Waals surface area contributed by atoms with Gasteiger partial charge in [-0.2, -0.15) is 8.78 Å². The second kappa shape index (κ2) is 4.33. The van der Waals surface area contributed by atoms with E-state index in [1.165, 1.54) is 12.1 Å². The summed E-state index contributed by atoms with van der Waals surface area (Å²) in [7, 11) is 0. The Morgan fingerprint density at radius 2 is 1.85 bits per heavy atom. The van der Waals surface area contributed by atoms with Crippen LogP contribution in [0, 0.1) is 0 Å². The van der Waals surface area contributed by atoms with Gasteiger partial charge in [0.05, 0.1) is 0 Å². The standard InChI is InChI=1S/C10H12F2O/c1-2-13-8-10(11,12)9-6-4-3-5-7-9/h3-7H,2,8H2,1H3. The molecule has 0 saturated carbocycles. The molecule has 0 unspecified atom stereocenters. The maximum Gasteiger partial charge on any atom is 0.296 e. The van der Waals surface area contributed by atoms with Gasteiger partial charge in [-0.3, -0.25) is 0 Å². The van der Waals surface area contributed by atoms with Crippen LogP contribution in [-0.2, 0) is 10.7 Å². The fourth-order valence-corrected chi connectivity index (χ4v) is 0.996. The van der Waals surface area contributed by atoms with Crippen LogP contribution in [0.25, 0.3) is 0 Å². The lowest BCUT2D eigenvalue weighted by Crippen LogP contribution is -2.20. The van der Waals surface area contributed by atoms with Crippen LogP contribution >= 0.6 is 0 Å². The van der Waals surface area contributed by atoms with Crippen LogP contribution in [-0.4, -0.2) is 13.2 Å². The van der Waals surface area contributed by atoms with Gasteiger partial charge in [-0.15, -0.1) is 0 Å². The molecule has 1 aromatic carbocycles. The molecule has 1 aromatic rings. The van der Waals surface area contributed by atoms with Gasteiger partial charge in [0.2, 0.25) is 0 Å². The van der Waals surface area contributed by atoms with Gasteiger partial charge >= 0.3 is 0 Å². The van der Waals surface area contributed by atoms with Crippen LogP contribution in [0.15, 0.2) is 30.3 Å². The molecular formula is C10H12F2O. The number of hydrogen-bond donors (Lipinski definition) is 0. The number of ether oxygens (including phenoxy) is 1. The average Bonchev–Trinajstić information content (AvgIpc) is 2.16. The van der Waals surface area contributed by atoms with E-state index in [2.05, 4.69) is 0 Å². The Morgan fingerprint density at radius 3 is 2.38 bits per heavy atom. The summed E-state index contributed by atoms with van der Waals surface area (Å²) >= 11 is 0. The minimum absolute atomic E-state index is 0.00319. The van der Waals surface area contributed by atoms with Crippen LogP contribution in [0.2, 0.25) is 0 Å². The quantitative estimate of drug-likeness (QED) is 0.702. The van der Waals surface area contributed by atoms with Crippen LogP contribution in [0.5, 0.6) is 0 Å². The van der Waals surface area contributed by atoms with Crippen LogP contribution < -0.4 is 0 Å². The van der Waals surface area contributed by atoms with Crippen molar-refractivity contribution < 1.29 is 13.5 Å². The SMILES string of the molecule is CCOCC(F)(F)c1ccccc1. The van der Waals surface area contributed by atoms with Gasteiger partial charge in [0.1, 0.15) is 6.61 Å². The van der Waals surface area contributed by atoms with E-state index in [0.717, 1.165) is 0 Å². The molecule has 0 radical (unpaired) electrons. The third kappa shape index (κ3) is 2.77. The zero-order valence-electron chi connectivity index (χ0n) is 7.47. The number of rotatable bonds is 4. The highest BCUT2D eigenvalue weighted by atomic mass is 19.3. The number of hydrogen-bond acceptors (Lipinski definition) is 1. The van der Waals surface area contributed by atoms with Gasteiger partial charge in [-0.25, -0.2) is 0 Å². The molecule has 0 fully saturated rings. The molecule has 3 heteroatoms. The normalized spacial score (nSPS) is 11.6. The van der Waals surface area contributed by atoms with Crippen molar-refractivity contribution in [2.45, 2.75) is 12.8 Å². The third-order valence-electron chi connectivity index (χ3n) is 1.68. The molecule has 0 N–H and O–H groups in total. The summed E-state index contributed by atoms with van der Waals surface area (Å²) < 4.78 is 31.1. The molecule has 0 heterocycles. The van der Waals surface area contributed by atoms with Crippen LogP contribution in [0.1, 0.15) is 12.5 Å². The third-order valence-corrected chi connectivity index (χ3v) is 1.68. The molecule has 72 valence electrons. The predicted molar refractivity (Wildman–Crippen MR) is 46.8 cm³/mol. The lowest BCUT2D eigenvalue weighted by Gasteiger charge is -2.15. The summed E-state index contributed by atoms with van der Waals surface area (Å²) in [6, 6.07) is 7.70. The Bertz CT molecular complexity index is 246. The Hall–Kier alpha value is -0.960. The lowest BCUT2D eigenvalue weighted by molar-refractivity contribution is -0.0801. The van der Waals surface area contributed by atoms with Crippen molar-refractivity contribution in [2.24, 2.45) is 0 Å². The van der Waals surface area contributed by atoms with E-state index in [1.54, 1.807) is 25.1 Å². The summed E-state index contributed by atoms with van der Waals surface area (Å²) in [5.41, 5.74) is 0.00319. The molecule has 0 atom stereocenters. The molecule has 0 saturated heterocycles. The molecule has 0 spiro atoms. The monoisotopic (exact) mass is 186 g/mol. The molecule has 0 aliphatic heterocycles. The highest BCUT2D eigenvalue weighted by Crippen LogP contribution is 2.27. The Labute approximate surface area is 76.3 Å². The highest BCUT2D eigenvalue weighted by molar-refractivity contribution is 5.19. The predicted octanol–water partition coefficient (Wildman–Crippen LogP) is 2.81. The Balaban J connectivity index is 2.69. The van der Waals surface area contributed by atoms with Crippen molar-refractivity contribution in [3.8, 4) is 0 Å². The van der Waals surface area contributed by atoms with Gasteiger partial charge in [0.15, 0.2) is 0 Å². The fourth-order valence-electron chi connectivity index (χ4n) is 0.996. The second-order valence-electron chi connectivity index (χ2n) is 2.71. The van der Waals surface area contributed by atoms with Crippen LogP contribution in [0.4, 0.5) is 8.78 Å². The molecule has 1 rings (SSSR count). The lowest BCUT2D eigenvalue weighted by atomic mass is 10.1. The van der Waals surface area contributed by atoms with Crippen molar-refractivity contribution in [2.75, 3.05) is 13.2 Å². The molecule has 13 heavy (non-hydrogen) atoms. The summed E-state index contributed by atoms with van der Waals surface area (Å²) in [5.74, 6) is -2.88. The Morgan fingerprint density at radius 1 is 1.23 bits per heavy atom. The molecule has 0 aliphatic carbocycles. The zero-order chi connectivity index (χ0) is 9.73. The van der Waals surface area contributed by atoms with Crippen molar-refractivity contribution in [3.05, 3.63) is 35.9 Å². The summed E-state index contributed by atoms with van der Waals surface area (Å²) in [6.45, 7) is 1.46. The first-order valence-corrected chi connectivity index (χ1v) is 4.18. The maximum atomic E-state index is 13.2. The van der Waals surface area contributed by atoms with Crippen molar-refractivity contribution in [1.29, 1.82) is 0 Å². The Kier molecular flexibility index (Phi) is 3.37. The summed E-state index contributed by atoms with van der Waals surface area (Å²) in [6.07, 6.45) is 0. The van der Waals surface area contributed by atoms with E-state index in [1.807, 2.05) is 0 Å². The van der Waals surface area contributed by atoms with Gasteiger partial charge in [-0.1, -0.05) is 30.3 Å². The van der Waals surface area contributed by atoms with Crippen molar-refractivity contribution >= 4 is 0 Å².